The largest absolute Gasteiger partial charge is 0.497 e. The van der Waals surface area contributed by atoms with Crippen LogP contribution in [-0.4, -0.2) is 47.6 Å². The van der Waals surface area contributed by atoms with Crippen molar-refractivity contribution in [2.24, 2.45) is 0 Å². The van der Waals surface area contributed by atoms with Crippen LogP contribution in [0, 0.1) is 20.8 Å². The van der Waals surface area contributed by atoms with Crippen molar-refractivity contribution in [3.05, 3.63) is 64.0 Å². The first-order valence-corrected chi connectivity index (χ1v) is 12.5. The number of nitrogens with one attached hydrogen (secondary N) is 2. The van der Waals surface area contributed by atoms with Crippen molar-refractivity contribution >= 4 is 40.6 Å². The van der Waals surface area contributed by atoms with Crippen LogP contribution in [0.15, 0.2) is 42.5 Å². The van der Waals surface area contributed by atoms with Crippen LogP contribution in [0.4, 0.5) is 16.2 Å². The smallest absolute Gasteiger partial charge is 0.326 e. The van der Waals surface area contributed by atoms with Gasteiger partial charge in [0.05, 0.1) is 12.8 Å². The van der Waals surface area contributed by atoms with E-state index in [0.29, 0.717) is 41.4 Å². The van der Waals surface area contributed by atoms with Gasteiger partial charge < -0.3 is 25.4 Å². The lowest BCUT2D eigenvalue weighted by molar-refractivity contribution is -0.141. The number of rotatable bonds is 6. The van der Waals surface area contributed by atoms with E-state index in [4.69, 9.17) is 4.74 Å². The average Bonchev–Trinajstić information content (AvgIpc) is 3.49. The maximum Gasteiger partial charge on any atom is 0.326 e. The van der Waals surface area contributed by atoms with Crippen molar-refractivity contribution < 1.29 is 24.2 Å². The molecule has 1 saturated heterocycles. The standard InChI is InChI=1S/C27H29N3O5S/c1-15-12-16(2)23(17(3)13-15)29-27(34)28-20-14-22(18-7-9-19(35-4)10-8-18)36-24(20)25(31)30-11-5-6-21(30)26(32)33/h7-10,12-14,21H,5-6,11H2,1-4H3,(H,32,33)(H2,28,29,34)/t21-/m0/s1. The van der Waals surface area contributed by atoms with Crippen LogP contribution in [0.2, 0.25) is 0 Å². The number of amides is 3. The summed E-state index contributed by atoms with van der Waals surface area (Å²) in [5.74, 6) is -0.720. The van der Waals surface area contributed by atoms with Gasteiger partial charge in [0.2, 0.25) is 0 Å². The van der Waals surface area contributed by atoms with Crippen LogP contribution < -0.4 is 15.4 Å². The van der Waals surface area contributed by atoms with Crippen molar-refractivity contribution in [2.75, 3.05) is 24.3 Å². The lowest BCUT2D eigenvalue weighted by Gasteiger charge is -2.21. The summed E-state index contributed by atoms with van der Waals surface area (Å²) in [5.41, 5.74) is 4.87. The molecule has 0 saturated carbocycles. The molecule has 188 valence electrons. The molecule has 0 bridgehead atoms. The van der Waals surface area contributed by atoms with Crippen LogP contribution >= 0.6 is 11.3 Å². The summed E-state index contributed by atoms with van der Waals surface area (Å²) in [4.78, 5) is 40.7. The third-order valence-electron chi connectivity index (χ3n) is 6.26. The number of ether oxygens (including phenoxy) is 1. The highest BCUT2D eigenvalue weighted by atomic mass is 32.1. The van der Waals surface area contributed by atoms with Crippen molar-refractivity contribution in [1.82, 2.24) is 4.90 Å². The van der Waals surface area contributed by atoms with E-state index in [1.165, 1.54) is 16.2 Å². The van der Waals surface area contributed by atoms with Crippen molar-refractivity contribution in [3.63, 3.8) is 0 Å². The maximum absolute atomic E-state index is 13.5. The van der Waals surface area contributed by atoms with E-state index in [0.717, 1.165) is 27.1 Å². The molecule has 2 heterocycles. The van der Waals surface area contributed by atoms with E-state index in [9.17, 15) is 19.5 Å². The summed E-state index contributed by atoms with van der Waals surface area (Å²) in [6.45, 7) is 6.21. The Morgan fingerprint density at radius 3 is 2.31 bits per heavy atom. The van der Waals surface area contributed by atoms with Gasteiger partial charge in [-0.1, -0.05) is 17.7 Å². The zero-order chi connectivity index (χ0) is 26.0. The van der Waals surface area contributed by atoms with E-state index in [1.807, 2.05) is 57.2 Å². The van der Waals surface area contributed by atoms with Gasteiger partial charge in [0.15, 0.2) is 0 Å². The molecule has 0 radical (unpaired) electrons. The number of hydrogen-bond acceptors (Lipinski definition) is 5. The fourth-order valence-electron chi connectivity index (χ4n) is 4.58. The highest BCUT2D eigenvalue weighted by molar-refractivity contribution is 7.18. The van der Waals surface area contributed by atoms with Crippen LogP contribution in [-0.2, 0) is 4.79 Å². The van der Waals surface area contributed by atoms with Gasteiger partial charge in [-0.3, -0.25) is 4.79 Å². The summed E-state index contributed by atoms with van der Waals surface area (Å²) in [5, 5.41) is 15.3. The second-order valence-electron chi connectivity index (χ2n) is 8.93. The minimum Gasteiger partial charge on any atom is -0.497 e. The molecule has 0 spiro atoms. The minimum absolute atomic E-state index is 0.293. The van der Waals surface area contributed by atoms with E-state index in [1.54, 1.807) is 13.2 Å². The van der Waals surface area contributed by atoms with Gasteiger partial charge in [0.25, 0.3) is 5.91 Å². The quantitative estimate of drug-likeness (QED) is 0.398. The van der Waals surface area contributed by atoms with E-state index in [2.05, 4.69) is 10.6 Å². The Labute approximate surface area is 213 Å². The number of aryl methyl sites for hydroxylation is 3. The van der Waals surface area contributed by atoms with Crippen molar-refractivity contribution in [1.29, 1.82) is 0 Å². The SMILES string of the molecule is COc1ccc(-c2cc(NC(=O)Nc3c(C)cc(C)cc3C)c(C(=O)N3CCC[C@H]3C(=O)O)s2)cc1. The summed E-state index contributed by atoms with van der Waals surface area (Å²) in [6.07, 6.45) is 1.03. The number of benzene rings is 2. The molecule has 1 aliphatic rings. The Morgan fingerprint density at radius 2 is 1.69 bits per heavy atom. The van der Waals surface area contributed by atoms with Gasteiger partial charge >= 0.3 is 12.0 Å². The first-order valence-electron chi connectivity index (χ1n) is 11.7. The zero-order valence-electron chi connectivity index (χ0n) is 20.7. The van der Waals surface area contributed by atoms with Gasteiger partial charge in [-0.05, 0) is 80.6 Å². The fraction of sp³-hybridized carbons (Fsp3) is 0.296. The average molecular weight is 508 g/mol. The fourth-order valence-corrected chi connectivity index (χ4v) is 5.66. The van der Waals surface area contributed by atoms with Gasteiger partial charge in [0.1, 0.15) is 16.7 Å². The zero-order valence-corrected chi connectivity index (χ0v) is 21.5. The Balaban J connectivity index is 1.67. The van der Waals surface area contributed by atoms with Crippen LogP contribution in [0.1, 0.15) is 39.2 Å². The van der Waals surface area contributed by atoms with Crippen LogP contribution in [0.3, 0.4) is 0 Å². The Kier molecular flexibility index (Phi) is 7.30. The minimum atomic E-state index is -1.02. The number of methoxy groups -OCH3 is 1. The van der Waals surface area contributed by atoms with E-state index >= 15 is 0 Å². The normalized spacial score (nSPS) is 15.0. The number of carboxylic acid groups (broad SMARTS) is 1. The molecule has 3 N–H and O–H groups in total. The summed E-state index contributed by atoms with van der Waals surface area (Å²) in [7, 11) is 1.59. The third-order valence-corrected chi connectivity index (χ3v) is 7.44. The number of carbonyl (C=O) groups excluding carboxylic acids is 2. The third kappa shape index (κ3) is 5.21. The summed E-state index contributed by atoms with van der Waals surface area (Å²) >= 11 is 1.22. The molecular formula is C27H29N3O5S. The Morgan fingerprint density at radius 1 is 1.03 bits per heavy atom. The van der Waals surface area contributed by atoms with Gasteiger partial charge in [-0.25, -0.2) is 9.59 Å². The van der Waals surface area contributed by atoms with E-state index < -0.39 is 23.9 Å². The first-order chi connectivity index (χ1) is 17.2. The summed E-state index contributed by atoms with van der Waals surface area (Å²) in [6, 6.07) is 11.8. The number of hydrogen-bond donors (Lipinski definition) is 3. The topological polar surface area (TPSA) is 108 Å². The first kappa shape index (κ1) is 25.2. The predicted molar refractivity (Wildman–Crippen MR) is 141 cm³/mol. The molecule has 1 atom stereocenters. The van der Waals surface area contributed by atoms with Crippen LogP contribution in [0.5, 0.6) is 5.75 Å². The number of carboxylic acids is 1. The summed E-state index contributed by atoms with van der Waals surface area (Å²) < 4.78 is 5.23. The lowest BCUT2D eigenvalue weighted by atomic mass is 10.1. The molecule has 1 fully saturated rings. The number of urea groups is 1. The Bertz CT molecular complexity index is 1290. The molecule has 2 aromatic carbocycles. The molecule has 8 nitrogen and oxygen atoms in total. The molecule has 36 heavy (non-hydrogen) atoms. The number of anilines is 2. The number of carbonyl (C=O) groups is 3. The highest BCUT2D eigenvalue weighted by Gasteiger charge is 2.36. The molecule has 1 aliphatic heterocycles. The molecule has 9 heteroatoms. The molecule has 0 unspecified atom stereocenters. The second-order valence-corrected chi connectivity index (χ2v) is 9.98. The number of nitrogens with zero attached hydrogens (tertiary/aromatic N) is 1. The monoisotopic (exact) mass is 507 g/mol. The lowest BCUT2D eigenvalue weighted by Crippen LogP contribution is -2.40. The number of aliphatic carboxylic acids is 1. The second kappa shape index (κ2) is 10.4. The highest BCUT2D eigenvalue weighted by Crippen LogP contribution is 2.37. The van der Waals surface area contributed by atoms with Crippen molar-refractivity contribution in [2.45, 2.75) is 39.7 Å². The number of thiophene rings is 1. The molecule has 4 rings (SSSR count). The number of likely N-dealkylation sites (tertiary alicyclic amines) is 1. The predicted octanol–water partition coefficient (Wildman–Crippen LogP) is 5.68. The van der Waals surface area contributed by atoms with E-state index in [-0.39, 0.29) is 0 Å². The van der Waals surface area contributed by atoms with Crippen molar-refractivity contribution in [3.8, 4) is 16.2 Å². The molecule has 1 aromatic heterocycles. The molecule has 3 amide bonds. The maximum atomic E-state index is 13.5. The van der Waals surface area contributed by atoms with Gasteiger partial charge in [-0.2, -0.15) is 0 Å². The molecular weight excluding hydrogens is 478 g/mol. The molecule has 3 aromatic rings. The molecule has 0 aliphatic carbocycles. The van der Waals surface area contributed by atoms with Crippen LogP contribution in [0.25, 0.3) is 10.4 Å². The van der Waals surface area contributed by atoms with Gasteiger partial charge in [0, 0.05) is 17.1 Å². The Hall–Kier alpha value is -3.85. The van der Waals surface area contributed by atoms with Gasteiger partial charge in [-0.15, -0.1) is 11.3 Å².